The molecule has 1 fully saturated rings. The summed E-state index contributed by atoms with van der Waals surface area (Å²) >= 11 is 0. The minimum atomic E-state index is -0.512. The zero-order valence-corrected chi connectivity index (χ0v) is 10.4. The first-order chi connectivity index (χ1) is 9.06. The zero-order valence-electron chi connectivity index (χ0n) is 10.4. The molecule has 0 aromatic heterocycles. The van der Waals surface area contributed by atoms with Crippen LogP contribution in [0.2, 0.25) is 0 Å². The number of amides is 2. The number of ether oxygens (including phenoxy) is 2. The van der Waals surface area contributed by atoms with E-state index >= 15 is 0 Å². The van der Waals surface area contributed by atoms with Crippen LogP contribution >= 0.6 is 0 Å². The van der Waals surface area contributed by atoms with Gasteiger partial charge in [0, 0.05) is 6.54 Å². The van der Waals surface area contributed by atoms with Crippen molar-refractivity contribution >= 4 is 11.7 Å². The summed E-state index contributed by atoms with van der Waals surface area (Å²) in [7, 11) is 2.85. The molecule has 0 saturated carbocycles. The molecule has 1 aromatic carbocycles. The summed E-state index contributed by atoms with van der Waals surface area (Å²) in [5.41, 5.74) is 0.257. The molecule has 1 aromatic rings. The van der Waals surface area contributed by atoms with Crippen LogP contribution in [-0.2, 0) is 0 Å². The van der Waals surface area contributed by atoms with Gasteiger partial charge in [-0.15, -0.1) is 0 Å². The Bertz CT molecular complexity index is 531. The molecule has 1 heterocycles. The normalized spacial score (nSPS) is 17.6. The van der Waals surface area contributed by atoms with Crippen LogP contribution in [0.5, 0.6) is 11.5 Å². The van der Waals surface area contributed by atoms with Crippen LogP contribution in [0.3, 0.4) is 0 Å². The minimum Gasteiger partial charge on any atom is -0.493 e. The van der Waals surface area contributed by atoms with E-state index in [2.05, 4.69) is 10.6 Å². The molecule has 0 bridgehead atoms. The molecule has 0 aliphatic carbocycles. The fourth-order valence-corrected chi connectivity index (χ4v) is 1.96. The van der Waals surface area contributed by atoms with Crippen molar-refractivity contribution in [2.45, 2.75) is 6.04 Å². The number of hydrogen-bond donors (Lipinski definition) is 2. The number of carbonyl (C=O) groups excluding carboxylic acids is 1. The van der Waals surface area contributed by atoms with Crippen LogP contribution in [0.4, 0.5) is 10.5 Å². The summed E-state index contributed by atoms with van der Waals surface area (Å²) in [5.74, 6) is 0.652. The van der Waals surface area contributed by atoms with Gasteiger partial charge in [0.25, 0.3) is 5.69 Å². The van der Waals surface area contributed by atoms with Crippen molar-refractivity contribution in [2.24, 2.45) is 0 Å². The monoisotopic (exact) mass is 267 g/mol. The van der Waals surface area contributed by atoms with Gasteiger partial charge in [0.1, 0.15) is 0 Å². The van der Waals surface area contributed by atoms with Crippen molar-refractivity contribution < 1.29 is 19.2 Å². The first kappa shape index (κ1) is 12.9. The lowest BCUT2D eigenvalue weighted by Crippen LogP contribution is -2.22. The molecule has 1 atom stereocenters. The molecule has 2 rings (SSSR count). The molecule has 1 aliphatic rings. The van der Waals surface area contributed by atoms with Crippen LogP contribution in [-0.4, -0.2) is 31.7 Å². The first-order valence-corrected chi connectivity index (χ1v) is 5.51. The Morgan fingerprint density at radius 2 is 1.95 bits per heavy atom. The number of urea groups is 1. The van der Waals surface area contributed by atoms with E-state index in [1.54, 1.807) is 0 Å². The maximum atomic E-state index is 11.1. The number of rotatable bonds is 4. The Kier molecular flexibility index (Phi) is 3.41. The van der Waals surface area contributed by atoms with E-state index in [-0.39, 0.29) is 24.0 Å². The molecule has 0 radical (unpaired) electrons. The first-order valence-electron chi connectivity index (χ1n) is 5.51. The van der Waals surface area contributed by atoms with Crippen molar-refractivity contribution in [2.75, 3.05) is 20.8 Å². The Balaban J connectivity index is 2.50. The maximum Gasteiger partial charge on any atom is 0.315 e. The maximum absolute atomic E-state index is 11.1. The van der Waals surface area contributed by atoms with Gasteiger partial charge in [-0.3, -0.25) is 10.1 Å². The Labute approximate surface area is 108 Å². The molecular weight excluding hydrogens is 254 g/mol. The van der Waals surface area contributed by atoms with Crippen molar-refractivity contribution in [3.63, 3.8) is 0 Å². The van der Waals surface area contributed by atoms with E-state index in [9.17, 15) is 14.9 Å². The summed E-state index contributed by atoms with van der Waals surface area (Å²) in [6, 6.07) is 1.98. The highest BCUT2D eigenvalue weighted by molar-refractivity contribution is 5.77. The fraction of sp³-hybridized carbons (Fsp3) is 0.364. The molecule has 2 N–H and O–H groups in total. The number of nitrogens with one attached hydrogen (secondary N) is 2. The van der Waals surface area contributed by atoms with Gasteiger partial charge in [-0.2, -0.15) is 0 Å². The van der Waals surface area contributed by atoms with E-state index in [4.69, 9.17) is 9.47 Å². The van der Waals surface area contributed by atoms with E-state index in [1.165, 1.54) is 26.4 Å². The molecule has 8 heteroatoms. The van der Waals surface area contributed by atoms with Gasteiger partial charge in [0.15, 0.2) is 11.5 Å². The Hall–Kier alpha value is -2.51. The van der Waals surface area contributed by atoms with Gasteiger partial charge in [-0.1, -0.05) is 0 Å². The smallest absolute Gasteiger partial charge is 0.315 e. The number of hydrogen-bond acceptors (Lipinski definition) is 5. The second-order valence-electron chi connectivity index (χ2n) is 3.93. The molecule has 1 saturated heterocycles. The Morgan fingerprint density at radius 3 is 2.42 bits per heavy atom. The molecule has 2 amide bonds. The SMILES string of the molecule is COc1cc([C@H]2CNC(=O)N2)c([N+](=O)[O-])cc1OC. The van der Waals surface area contributed by atoms with Crippen LogP contribution in [0.25, 0.3) is 0 Å². The quantitative estimate of drug-likeness (QED) is 0.625. The summed E-state index contributed by atoms with van der Waals surface area (Å²) in [4.78, 5) is 21.7. The summed E-state index contributed by atoms with van der Waals surface area (Å²) < 4.78 is 10.2. The van der Waals surface area contributed by atoms with Gasteiger partial charge in [0.2, 0.25) is 0 Å². The predicted octanol–water partition coefficient (Wildman–Crippen LogP) is 0.966. The molecular formula is C11H13N3O5. The second kappa shape index (κ2) is 5.01. The van der Waals surface area contributed by atoms with Gasteiger partial charge < -0.3 is 20.1 Å². The third-order valence-electron chi connectivity index (χ3n) is 2.88. The number of carbonyl (C=O) groups is 1. The highest BCUT2D eigenvalue weighted by Crippen LogP contribution is 2.37. The molecule has 0 spiro atoms. The fourth-order valence-electron chi connectivity index (χ4n) is 1.96. The molecule has 1 aliphatic heterocycles. The standard InChI is InChI=1S/C11H13N3O5/c1-18-9-3-6(7-5-12-11(15)13-7)8(14(16)17)4-10(9)19-2/h3-4,7H,5H2,1-2H3,(H2,12,13,15)/t7-/m1/s1. The lowest BCUT2D eigenvalue weighted by molar-refractivity contribution is -0.385. The molecule has 8 nitrogen and oxygen atoms in total. The summed E-state index contributed by atoms with van der Waals surface area (Å²) in [6.45, 7) is 0.287. The molecule has 102 valence electrons. The van der Waals surface area contributed by atoms with E-state index in [0.29, 0.717) is 11.3 Å². The number of benzene rings is 1. The van der Waals surface area contributed by atoms with Gasteiger partial charge in [0.05, 0.1) is 36.8 Å². The van der Waals surface area contributed by atoms with Crippen LogP contribution < -0.4 is 20.1 Å². The summed E-state index contributed by atoms with van der Waals surface area (Å²) in [6.07, 6.45) is 0. The lowest BCUT2D eigenvalue weighted by atomic mass is 10.0. The minimum absolute atomic E-state index is 0.119. The third kappa shape index (κ3) is 2.37. The van der Waals surface area contributed by atoms with Gasteiger partial charge in [-0.25, -0.2) is 4.79 Å². The van der Waals surface area contributed by atoms with E-state index < -0.39 is 11.0 Å². The van der Waals surface area contributed by atoms with Crippen molar-refractivity contribution in [3.8, 4) is 11.5 Å². The van der Waals surface area contributed by atoms with Crippen molar-refractivity contribution in [1.82, 2.24) is 10.6 Å². The predicted molar refractivity (Wildman–Crippen MR) is 65.5 cm³/mol. The summed E-state index contributed by atoms with van der Waals surface area (Å²) in [5, 5.41) is 16.3. The lowest BCUT2D eigenvalue weighted by Gasteiger charge is -2.13. The number of methoxy groups -OCH3 is 2. The van der Waals surface area contributed by atoms with Gasteiger partial charge >= 0.3 is 6.03 Å². The Morgan fingerprint density at radius 1 is 1.32 bits per heavy atom. The highest BCUT2D eigenvalue weighted by atomic mass is 16.6. The zero-order chi connectivity index (χ0) is 14.0. The van der Waals surface area contributed by atoms with E-state index in [0.717, 1.165) is 0 Å². The largest absolute Gasteiger partial charge is 0.493 e. The average Bonchev–Trinajstić information content (AvgIpc) is 2.83. The third-order valence-corrected chi connectivity index (χ3v) is 2.88. The number of nitrogens with zero attached hydrogens (tertiary/aromatic N) is 1. The topological polar surface area (TPSA) is 103 Å². The second-order valence-corrected chi connectivity index (χ2v) is 3.93. The number of nitro groups is 1. The highest BCUT2D eigenvalue weighted by Gasteiger charge is 2.30. The number of nitro benzene ring substituents is 1. The van der Waals surface area contributed by atoms with E-state index in [1.807, 2.05) is 0 Å². The van der Waals surface area contributed by atoms with Crippen LogP contribution in [0.1, 0.15) is 11.6 Å². The molecule has 0 unspecified atom stereocenters. The van der Waals surface area contributed by atoms with Crippen molar-refractivity contribution in [1.29, 1.82) is 0 Å². The van der Waals surface area contributed by atoms with Crippen LogP contribution in [0.15, 0.2) is 12.1 Å². The molecule has 19 heavy (non-hydrogen) atoms. The van der Waals surface area contributed by atoms with Crippen molar-refractivity contribution in [3.05, 3.63) is 27.8 Å². The van der Waals surface area contributed by atoms with Gasteiger partial charge in [-0.05, 0) is 6.07 Å². The van der Waals surface area contributed by atoms with Crippen LogP contribution in [0, 0.1) is 10.1 Å². The average molecular weight is 267 g/mol.